The van der Waals surface area contributed by atoms with Crippen molar-refractivity contribution in [1.82, 2.24) is 19.6 Å². The Bertz CT molecular complexity index is 1560. The fraction of sp³-hybridized carbons (Fsp3) is 0.481. The van der Waals surface area contributed by atoms with E-state index >= 15 is 0 Å². The van der Waals surface area contributed by atoms with Crippen LogP contribution in [-0.2, 0) is 45.8 Å². The summed E-state index contributed by atoms with van der Waals surface area (Å²) in [6.07, 6.45) is -5.69. The molecule has 3 aromatic rings. The maximum atomic E-state index is 13.1. The lowest BCUT2D eigenvalue weighted by molar-refractivity contribution is -0.176. The second-order valence-corrected chi connectivity index (χ2v) is 11.9. The number of anilines is 1. The van der Waals surface area contributed by atoms with Gasteiger partial charge in [-0.25, -0.2) is 4.68 Å². The van der Waals surface area contributed by atoms with Crippen LogP contribution in [0.3, 0.4) is 0 Å². The Labute approximate surface area is 261 Å². The first-order valence-corrected chi connectivity index (χ1v) is 15.4. The number of aliphatic hydroxyl groups is 1. The van der Waals surface area contributed by atoms with Crippen molar-refractivity contribution in [2.24, 2.45) is 7.05 Å². The Morgan fingerprint density at radius 3 is 2.54 bits per heavy atom. The van der Waals surface area contributed by atoms with E-state index in [9.17, 15) is 42.5 Å². The van der Waals surface area contributed by atoms with E-state index in [1.807, 2.05) is 0 Å². The lowest BCUT2D eigenvalue weighted by atomic mass is 10.0. The van der Waals surface area contributed by atoms with E-state index in [-0.39, 0.29) is 48.8 Å². The number of nitrogens with zero attached hydrogens (tertiary/aromatic N) is 4. The van der Waals surface area contributed by atoms with Gasteiger partial charge in [0.2, 0.25) is 0 Å². The molecule has 3 heterocycles. The van der Waals surface area contributed by atoms with Crippen molar-refractivity contribution in [3.8, 4) is 5.75 Å². The van der Waals surface area contributed by atoms with Gasteiger partial charge in [-0.3, -0.25) is 18.8 Å². The van der Waals surface area contributed by atoms with Crippen LogP contribution in [0.5, 0.6) is 5.75 Å². The number of hydrogen-bond donors (Lipinski definition) is 5. The number of amides is 1. The van der Waals surface area contributed by atoms with Gasteiger partial charge >= 0.3 is 20.3 Å². The van der Waals surface area contributed by atoms with Gasteiger partial charge in [0.05, 0.1) is 30.7 Å². The van der Waals surface area contributed by atoms with Crippen molar-refractivity contribution in [1.29, 1.82) is 0 Å². The van der Waals surface area contributed by atoms with Crippen LogP contribution in [-0.4, -0.2) is 76.7 Å². The summed E-state index contributed by atoms with van der Waals surface area (Å²) < 4.78 is 60.1. The highest BCUT2D eigenvalue weighted by molar-refractivity contribution is 7.53. The number of aryl methyl sites for hydroxylation is 3. The van der Waals surface area contributed by atoms with Crippen LogP contribution < -0.4 is 9.84 Å². The van der Waals surface area contributed by atoms with E-state index in [2.05, 4.69) is 20.3 Å². The van der Waals surface area contributed by atoms with Crippen LogP contribution in [0.4, 0.5) is 19.0 Å². The molecule has 4 rings (SSSR count). The zero-order valence-electron chi connectivity index (χ0n) is 25.0. The standard InChI is InChI=1S/C27H33F3N5O10P/c1-15-6-16(2)19(22(7-15)45-46(39,40)41)4-5-25(37)44-14-35-24(10-20(33-35)23-9-18(36)12-43-23)31-26(38)21-8-17(32-34(21)3)11-42-13-27(28,29)30/h6-8,10,18,23,36,39-41H,4-5,9,11-14H2,1-3H3/p+1/t18-,23-/m0/s1. The Kier molecular flexibility index (Phi) is 11.0. The maximum Gasteiger partial charge on any atom is 0.613 e. The molecule has 0 unspecified atom stereocenters. The summed E-state index contributed by atoms with van der Waals surface area (Å²) in [5.74, 6) is -1.27. The number of ether oxygens (including phenoxy) is 3. The number of aromatic nitrogens is 4. The molecule has 0 aliphatic carbocycles. The normalized spacial score (nSPS) is 16.9. The summed E-state index contributed by atoms with van der Waals surface area (Å²) in [4.78, 5) is 54.1. The first-order valence-electron chi connectivity index (χ1n) is 13.9. The van der Waals surface area contributed by atoms with E-state index in [0.717, 1.165) is 5.56 Å². The second kappa shape index (κ2) is 14.4. The molecule has 46 heavy (non-hydrogen) atoms. The van der Waals surface area contributed by atoms with Crippen LogP contribution in [0.1, 0.15) is 57.5 Å². The smallest absolute Gasteiger partial charge is 0.442 e. The number of carbonyl (C=O) groups excluding carboxylic acids is 2. The number of benzene rings is 1. The van der Waals surface area contributed by atoms with Crippen LogP contribution in [0.2, 0.25) is 0 Å². The molecule has 252 valence electrons. The predicted molar refractivity (Wildman–Crippen MR) is 153 cm³/mol. The van der Waals surface area contributed by atoms with Gasteiger partial charge in [-0.15, -0.1) is 0 Å². The van der Waals surface area contributed by atoms with Crippen LogP contribution in [0, 0.1) is 13.8 Å². The van der Waals surface area contributed by atoms with Crippen molar-refractivity contribution < 1.29 is 61.3 Å². The molecule has 2 atom stereocenters. The number of halogens is 3. The van der Waals surface area contributed by atoms with E-state index in [0.29, 0.717) is 16.8 Å². The summed E-state index contributed by atoms with van der Waals surface area (Å²) in [6, 6.07) is 6.04. The molecule has 1 saturated heterocycles. The molecular formula is C27H34F3N5O10P+. The zero-order valence-corrected chi connectivity index (χ0v) is 25.9. The number of carbonyl (C=O) groups is 2. The minimum Gasteiger partial charge on any atom is -0.442 e. The van der Waals surface area contributed by atoms with Crippen LogP contribution in [0.15, 0.2) is 24.3 Å². The largest absolute Gasteiger partial charge is 0.613 e. The Hall–Kier alpha value is -3.64. The number of rotatable bonds is 13. The summed E-state index contributed by atoms with van der Waals surface area (Å²) in [7, 11) is -3.18. The van der Waals surface area contributed by atoms with Gasteiger partial charge in [0.25, 0.3) is 5.91 Å². The Morgan fingerprint density at radius 1 is 1.15 bits per heavy atom. The van der Waals surface area contributed by atoms with E-state index in [4.69, 9.17) is 14.0 Å². The van der Waals surface area contributed by atoms with E-state index in [1.165, 1.54) is 34.6 Å². The number of nitrogens with one attached hydrogen (secondary N) is 1. The summed E-state index contributed by atoms with van der Waals surface area (Å²) in [6.45, 7) is 1.17. The Balaban J connectivity index is 1.45. The number of hydrogen-bond acceptors (Lipinski definition) is 12. The average Bonchev–Trinajstić information content (AvgIpc) is 3.63. The molecule has 1 amide bonds. The third kappa shape index (κ3) is 9.93. The average molecular weight is 677 g/mol. The third-order valence-electron chi connectivity index (χ3n) is 6.75. The summed E-state index contributed by atoms with van der Waals surface area (Å²) >= 11 is 0. The molecule has 0 bridgehead atoms. The molecular weight excluding hydrogens is 642 g/mol. The van der Waals surface area contributed by atoms with Crippen LogP contribution in [0.25, 0.3) is 0 Å². The van der Waals surface area contributed by atoms with Crippen molar-refractivity contribution in [2.45, 2.75) is 64.8 Å². The lowest BCUT2D eigenvalue weighted by Crippen LogP contribution is -2.20. The van der Waals surface area contributed by atoms with E-state index < -0.39 is 58.4 Å². The molecule has 0 radical (unpaired) electrons. The van der Waals surface area contributed by atoms with Gasteiger partial charge in [-0.05, 0) is 43.5 Å². The zero-order chi connectivity index (χ0) is 33.8. The fourth-order valence-electron chi connectivity index (χ4n) is 4.80. The van der Waals surface area contributed by atoms with Gasteiger partial charge in [-0.1, -0.05) is 6.07 Å². The maximum absolute atomic E-state index is 13.1. The van der Waals surface area contributed by atoms with Gasteiger partial charge in [-0.2, -0.15) is 38.0 Å². The molecule has 0 saturated carbocycles. The number of esters is 1. The molecule has 19 heteroatoms. The lowest BCUT2D eigenvalue weighted by Gasteiger charge is -2.13. The predicted octanol–water partition coefficient (Wildman–Crippen LogP) is 2.55. The SMILES string of the molecule is Cc1cc(C)c(CCC(=O)OCn2nc([C@@H]3C[C@H](O)CO3)cc2NC(=O)c2cc(COCC(F)(F)F)nn2C)c(O[P+](O)(O)O)c1. The van der Waals surface area contributed by atoms with Crippen molar-refractivity contribution in [3.63, 3.8) is 0 Å². The number of alkyl halides is 3. The highest BCUT2D eigenvalue weighted by atomic mass is 31.2. The minimum atomic E-state index is -4.61. The first-order chi connectivity index (χ1) is 21.5. The molecule has 1 fully saturated rings. The summed E-state index contributed by atoms with van der Waals surface area (Å²) in [5.41, 5.74) is 2.30. The fourth-order valence-corrected chi connectivity index (χ4v) is 5.22. The highest BCUT2D eigenvalue weighted by Crippen LogP contribution is 2.47. The van der Waals surface area contributed by atoms with Crippen molar-refractivity contribution in [3.05, 3.63) is 58.0 Å². The third-order valence-corrected chi connectivity index (χ3v) is 7.19. The molecule has 1 aliphatic rings. The van der Waals surface area contributed by atoms with E-state index in [1.54, 1.807) is 19.9 Å². The molecule has 1 aromatic carbocycles. The van der Waals surface area contributed by atoms with Gasteiger partial charge in [0.15, 0.2) is 12.5 Å². The van der Waals surface area contributed by atoms with Crippen LogP contribution >= 0.6 is 8.17 Å². The molecule has 5 N–H and O–H groups in total. The second-order valence-electron chi connectivity index (χ2n) is 10.7. The topological polar surface area (TPSA) is 200 Å². The van der Waals surface area contributed by atoms with Gasteiger partial charge in [0, 0.05) is 31.5 Å². The summed E-state index contributed by atoms with van der Waals surface area (Å²) in [5, 5.41) is 20.9. The first kappa shape index (κ1) is 35.2. The molecule has 1 aliphatic heterocycles. The quantitative estimate of drug-likeness (QED) is 0.131. The Morgan fingerprint density at radius 2 is 1.89 bits per heavy atom. The monoisotopic (exact) mass is 676 g/mol. The molecule has 2 aromatic heterocycles. The van der Waals surface area contributed by atoms with Gasteiger partial charge in [0.1, 0.15) is 24.2 Å². The number of aliphatic hydroxyl groups excluding tert-OH is 1. The molecule has 15 nitrogen and oxygen atoms in total. The van der Waals surface area contributed by atoms with Gasteiger partial charge < -0.3 is 24.6 Å². The van der Waals surface area contributed by atoms with Crippen molar-refractivity contribution >= 4 is 25.9 Å². The minimum absolute atomic E-state index is 0.00367. The highest BCUT2D eigenvalue weighted by Gasteiger charge is 2.36. The van der Waals surface area contributed by atoms with Crippen molar-refractivity contribution in [2.75, 3.05) is 18.5 Å². The molecule has 0 spiro atoms.